The maximum Gasteiger partial charge on any atom is 0.317 e. The van der Waals surface area contributed by atoms with E-state index in [1.54, 1.807) is 0 Å². The first-order chi connectivity index (χ1) is 9.02. The molecule has 0 bridgehead atoms. The summed E-state index contributed by atoms with van der Waals surface area (Å²) in [4.78, 5) is 24.4. The molecule has 2 atom stereocenters. The molecule has 1 saturated heterocycles. The van der Waals surface area contributed by atoms with E-state index in [0.29, 0.717) is 11.8 Å². The number of urea groups is 1. The number of carboxylic acid groups (broad SMARTS) is 1. The van der Waals surface area contributed by atoms with E-state index in [4.69, 9.17) is 5.11 Å². The molecule has 0 aromatic heterocycles. The van der Waals surface area contributed by atoms with Gasteiger partial charge < -0.3 is 15.3 Å². The molecule has 2 unspecified atom stereocenters. The largest absolute Gasteiger partial charge is 0.481 e. The van der Waals surface area contributed by atoms with E-state index < -0.39 is 5.97 Å². The number of amides is 2. The molecule has 5 nitrogen and oxygen atoms in total. The van der Waals surface area contributed by atoms with Gasteiger partial charge in [-0.1, -0.05) is 6.92 Å². The van der Waals surface area contributed by atoms with Crippen molar-refractivity contribution in [2.75, 3.05) is 25.9 Å². The molecule has 1 aliphatic rings. The summed E-state index contributed by atoms with van der Waals surface area (Å²) in [6, 6.07) is -0.0565. The van der Waals surface area contributed by atoms with E-state index >= 15 is 0 Å². The van der Waals surface area contributed by atoms with Crippen LogP contribution in [0.5, 0.6) is 0 Å². The monoisotopic (exact) mass is 288 g/mol. The molecule has 0 radical (unpaired) electrons. The first kappa shape index (κ1) is 16.1. The Hall–Kier alpha value is -0.910. The fourth-order valence-corrected chi connectivity index (χ4v) is 2.99. The second kappa shape index (κ2) is 8.30. The Morgan fingerprint density at radius 1 is 1.42 bits per heavy atom. The number of rotatable bonds is 5. The first-order valence-electron chi connectivity index (χ1n) is 6.80. The van der Waals surface area contributed by atoms with Crippen molar-refractivity contribution in [1.82, 2.24) is 10.2 Å². The van der Waals surface area contributed by atoms with Gasteiger partial charge in [0, 0.05) is 31.3 Å². The summed E-state index contributed by atoms with van der Waals surface area (Å²) < 4.78 is 0. The molecule has 0 aromatic rings. The summed E-state index contributed by atoms with van der Waals surface area (Å²) in [6.07, 6.45) is 5.46. The Bertz CT molecular complexity index is 312. The lowest BCUT2D eigenvalue weighted by atomic mass is 10.1. The minimum Gasteiger partial charge on any atom is -0.481 e. The fourth-order valence-electron chi connectivity index (χ4n) is 2.25. The quantitative estimate of drug-likeness (QED) is 0.812. The lowest BCUT2D eigenvalue weighted by molar-refractivity contribution is -0.137. The zero-order chi connectivity index (χ0) is 14.3. The van der Waals surface area contributed by atoms with Crippen molar-refractivity contribution in [1.29, 1.82) is 0 Å². The van der Waals surface area contributed by atoms with Crippen molar-refractivity contribution in [3.63, 3.8) is 0 Å². The number of carbonyl (C=O) groups is 2. The third-order valence-corrected chi connectivity index (χ3v) is 4.56. The SMILES string of the molecule is CSC1CCCN(C(=O)NCC(C)CC(=O)O)CC1. The van der Waals surface area contributed by atoms with Gasteiger partial charge >= 0.3 is 12.0 Å². The van der Waals surface area contributed by atoms with Crippen LogP contribution in [0.4, 0.5) is 4.79 Å². The van der Waals surface area contributed by atoms with Gasteiger partial charge in [-0.2, -0.15) is 11.8 Å². The average molecular weight is 288 g/mol. The summed E-state index contributed by atoms with van der Waals surface area (Å²) >= 11 is 1.87. The topological polar surface area (TPSA) is 69.6 Å². The van der Waals surface area contributed by atoms with Crippen LogP contribution in [-0.4, -0.2) is 53.1 Å². The van der Waals surface area contributed by atoms with Gasteiger partial charge in [-0.15, -0.1) is 0 Å². The number of carboxylic acids is 1. The Morgan fingerprint density at radius 2 is 2.16 bits per heavy atom. The maximum atomic E-state index is 12.0. The molecule has 0 spiro atoms. The third kappa shape index (κ3) is 6.18. The fraction of sp³-hybridized carbons (Fsp3) is 0.846. The number of thioether (sulfide) groups is 1. The molecule has 1 fully saturated rings. The number of aliphatic carboxylic acids is 1. The molecule has 2 amide bonds. The Morgan fingerprint density at radius 3 is 2.79 bits per heavy atom. The first-order valence-corrected chi connectivity index (χ1v) is 8.09. The second-order valence-corrected chi connectivity index (χ2v) is 6.30. The highest BCUT2D eigenvalue weighted by Crippen LogP contribution is 2.21. The van der Waals surface area contributed by atoms with Gasteiger partial charge in [0.1, 0.15) is 0 Å². The van der Waals surface area contributed by atoms with E-state index in [-0.39, 0.29) is 18.4 Å². The van der Waals surface area contributed by atoms with Gasteiger partial charge in [-0.25, -0.2) is 4.79 Å². The average Bonchev–Trinajstić information content (AvgIpc) is 2.60. The van der Waals surface area contributed by atoms with E-state index in [2.05, 4.69) is 11.6 Å². The lowest BCUT2D eigenvalue weighted by Crippen LogP contribution is -2.42. The van der Waals surface area contributed by atoms with Crippen LogP contribution >= 0.6 is 11.8 Å². The van der Waals surface area contributed by atoms with Crippen LogP contribution in [0.25, 0.3) is 0 Å². The number of nitrogens with one attached hydrogen (secondary N) is 1. The van der Waals surface area contributed by atoms with Crippen LogP contribution in [0, 0.1) is 5.92 Å². The number of hydrogen-bond donors (Lipinski definition) is 2. The summed E-state index contributed by atoms with van der Waals surface area (Å²) in [5, 5.41) is 12.2. The molecule has 1 rings (SSSR count). The van der Waals surface area contributed by atoms with Crippen molar-refractivity contribution in [2.45, 2.75) is 37.9 Å². The van der Waals surface area contributed by atoms with Gasteiger partial charge in [0.05, 0.1) is 0 Å². The van der Waals surface area contributed by atoms with Gasteiger partial charge in [0.2, 0.25) is 0 Å². The van der Waals surface area contributed by atoms with E-state index in [1.165, 1.54) is 6.42 Å². The molecular formula is C13H24N2O3S. The van der Waals surface area contributed by atoms with Crippen LogP contribution in [0.1, 0.15) is 32.6 Å². The predicted octanol–water partition coefficient (Wildman–Crippen LogP) is 2.02. The molecule has 0 aliphatic carbocycles. The summed E-state index contributed by atoms with van der Waals surface area (Å²) in [6.45, 7) is 3.86. The number of nitrogens with zero attached hydrogens (tertiary/aromatic N) is 1. The van der Waals surface area contributed by atoms with Gasteiger partial charge in [-0.05, 0) is 31.4 Å². The standard InChI is InChI=1S/C13H24N2O3S/c1-10(8-12(16)17)9-14-13(18)15-6-3-4-11(19-2)5-7-15/h10-11H,3-9H2,1-2H3,(H,14,18)(H,16,17). The van der Waals surface area contributed by atoms with Crippen molar-refractivity contribution >= 4 is 23.8 Å². The molecular weight excluding hydrogens is 264 g/mol. The van der Waals surface area contributed by atoms with Crippen LogP contribution in [0.2, 0.25) is 0 Å². The zero-order valence-corrected chi connectivity index (χ0v) is 12.5. The second-order valence-electron chi connectivity index (χ2n) is 5.16. The lowest BCUT2D eigenvalue weighted by Gasteiger charge is -2.22. The highest BCUT2D eigenvalue weighted by atomic mass is 32.2. The summed E-state index contributed by atoms with van der Waals surface area (Å²) in [5.74, 6) is -0.855. The predicted molar refractivity (Wildman–Crippen MR) is 77.5 cm³/mol. The maximum absolute atomic E-state index is 12.0. The normalized spacial score (nSPS) is 21.6. The van der Waals surface area contributed by atoms with Gasteiger partial charge in [0.15, 0.2) is 0 Å². The Kier molecular flexibility index (Phi) is 7.05. The molecule has 19 heavy (non-hydrogen) atoms. The van der Waals surface area contributed by atoms with Crippen LogP contribution < -0.4 is 5.32 Å². The van der Waals surface area contributed by atoms with Crippen molar-refractivity contribution in [3.05, 3.63) is 0 Å². The summed E-state index contributed by atoms with van der Waals surface area (Å²) in [5.41, 5.74) is 0. The van der Waals surface area contributed by atoms with E-state index in [1.807, 2.05) is 23.6 Å². The highest BCUT2D eigenvalue weighted by Gasteiger charge is 2.20. The van der Waals surface area contributed by atoms with E-state index in [9.17, 15) is 9.59 Å². The molecule has 0 aromatic carbocycles. The minimum atomic E-state index is -0.820. The van der Waals surface area contributed by atoms with E-state index in [0.717, 1.165) is 25.9 Å². The van der Waals surface area contributed by atoms with Gasteiger partial charge in [-0.3, -0.25) is 4.79 Å². The van der Waals surface area contributed by atoms with Crippen molar-refractivity contribution in [3.8, 4) is 0 Å². The molecule has 6 heteroatoms. The number of hydrogen-bond acceptors (Lipinski definition) is 3. The van der Waals surface area contributed by atoms with Gasteiger partial charge in [0.25, 0.3) is 0 Å². The number of carbonyl (C=O) groups excluding carboxylic acids is 1. The third-order valence-electron chi connectivity index (χ3n) is 3.42. The summed E-state index contributed by atoms with van der Waals surface area (Å²) in [7, 11) is 0. The van der Waals surface area contributed by atoms with Crippen LogP contribution in [0.3, 0.4) is 0 Å². The van der Waals surface area contributed by atoms with Crippen molar-refractivity contribution in [2.24, 2.45) is 5.92 Å². The smallest absolute Gasteiger partial charge is 0.317 e. The van der Waals surface area contributed by atoms with Crippen LogP contribution in [-0.2, 0) is 4.79 Å². The van der Waals surface area contributed by atoms with Crippen LogP contribution in [0.15, 0.2) is 0 Å². The highest BCUT2D eigenvalue weighted by molar-refractivity contribution is 7.99. The molecule has 0 saturated carbocycles. The zero-order valence-electron chi connectivity index (χ0n) is 11.7. The Balaban J connectivity index is 2.30. The molecule has 110 valence electrons. The number of likely N-dealkylation sites (tertiary alicyclic amines) is 1. The van der Waals surface area contributed by atoms with Crippen molar-refractivity contribution < 1.29 is 14.7 Å². The molecule has 2 N–H and O–H groups in total. The molecule has 1 aliphatic heterocycles. The minimum absolute atomic E-state index is 0.0348. The Labute approximate surface area is 119 Å². The molecule has 1 heterocycles.